The molecule has 0 radical (unpaired) electrons. The average molecular weight is 390 g/mol. The first kappa shape index (κ1) is 17.8. The van der Waals surface area contributed by atoms with Crippen LogP contribution in [0.5, 0.6) is 0 Å². The molecular formula is C24H18N6+2. The molecule has 0 aliphatic heterocycles. The molecule has 142 valence electrons. The lowest BCUT2D eigenvalue weighted by Crippen LogP contribution is -2.34. The number of hydrogen-bond donors (Lipinski definition) is 0. The third-order valence-corrected chi connectivity index (χ3v) is 4.85. The van der Waals surface area contributed by atoms with Gasteiger partial charge in [0.15, 0.2) is 10.2 Å². The Morgan fingerprint density at radius 1 is 0.400 bits per heavy atom. The first-order valence-corrected chi connectivity index (χ1v) is 9.55. The van der Waals surface area contributed by atoms with Crippen molar-refractivity contribution >= 4 is 0 Å². The van der Waals surface area contributed by atoms with Gasteiger partial charge in [0.2, 0.25) is 0 Å². The summed E-state index contributed by atoms with van der Waals surface area (Å²) in [5, 5.41) is 8.76. The van der Waals surface area contributed by atoms with Crippen molar-refractivity contribution < 1.29 is 9.13 Å². The highest BCUT2D eigenvalue weighted by Gasteiger charge is 2.17. The van der Waals surface area contributed by atoms with Gasteiger partial charge in [-0.1, -0.05) is 0 Å². The van der Waals surface area contributed by atoms with E-state index in [1.54, 1.807) is 24.8 Å². The lowest BCUT2D eigenvalue weighted by molar-refractivity contribution is -0.605. The molecule has 5 aromatic heterocycles. The Bertz CT molecular complexity index is 1140. The van der Waals surface area contributed by atoms with E-state index < -0.39 is 0 Å². The molecule has 5 rings (SSSR count). The van der Waals surface area contributed by atoms with Crippen LogP contribution in [0.2, 0.25) is 0 Å². The van der Waals surface area contributed by atoms with Gasteiger partial charge in [-0.2, -0.15) is 9.13 Å². The zero-order valence-corrected chi connectivity index (χ0v) is 16.1. The highest BCUT2D eigenvalue weighted by molar-refractivity contribution is 5.62. The van der Waals surface area contributed by atoms with E-state index in [-0.39, 0.29) is 0 Å². The first-order chi connectivity index (χ1) is 14.9. The van der Waals surface area contributed by atoms with Gasteiger partial charge in [0, 0.05) is 36.9 Å². The second-order valence-electron chi connectivity index (χ2n) is 6.71. The van der Waals surface area contributed by atoms with Gasteiger partial charge in [-0.05, 0) is 70.8 Å². The molecule has 6 heteroatoms. The van der Waals surface area contributed by atoms with E-state index in [1.165, 1.54) is 0 Å². The number of hydrogen-bond acceptors (Lipinski definition) is 4. The van der Waals surface area contributed by atoms with Crippen molar-refractivity contribution in [1.29, 1.82) is 0 Å². The Morgan fingerprint density at radius 2 is 0.733 bits per heavy atom. The molecule has 0 aliphatic rings. The molecule has 0 saturated carbocycles. The molecule has 5 aromatic rings. The normalized spacial score (nSPS) is 10.7. The quantitative estimate of drug-likeness (QED) is 0.442. The summed E-state index contributed by atoms with van der Waals surface area (Å²) in [5.41, 5.74) is 4.52. The van der Waals surface area contributed by atoms with Crippen LogP contribution in [0.3, 0.4) is 0 Å². The van der Waals surface area contributed by atoms with Crippen molar-refractivity contribution in [3.63, 3.8) is 0 Å². The minimum Gasteiger partial charge on any atom is -0.265 e. The van der Waals surface area contributed by atoms with Crippen LogP contribution in [0, 0.1) is 0 Å². The van der Waals surface area contributed by atoms with Gasteiger partial charge in [-0.15, -0.1) is 0 Å². The van der Waals surface area contributed by atoms with Crippen molar-refractivity contribution in [2.24, 2.45) is 0 Å². The highest BCUT2D eigenvalue weighted by Crippen LogP contribution is 2.17. The maximum atomic E-state index is 4.38. The second kappa shape index (κ2) is 7.97. The second-order valence-corrected chi connectivity index (χ2v) is 6.71. The standard InChI is InChI=1S/C24H18N6/c1-2-24(30-17-9-22(10-18-30)20-5-13-26-14-6-20)28-27-23(1)29-15-7-21(8-16-29)19-3-11-25-12-4-19/h1-18H/q+2. The lowest BCUT2D eigenvalue weighted by Gasteiger charge is -2.01. The SMILES string of the molecule is c1cc(-c2cc[n+](-c3ccc(-[n+]4ccc(-c5ccncc5)cc4)nn3)cc2)ccn1. The Labute approximate surface area is 173 Å². The van der Waals surface area contributed by atoms with Crippen LogP contribution in [0.4, 0.5) is 0 Å². The van der Waals surface area contributed by atoms with E-state index >= 15 is 0 Å². The number of aromatic nitrogens is 6. The third-order valence-electron chi connectivity index (χ3n) is 4.85. The van der Waals surface area contributed by atoms with Crippen LogP contribution in [-0.2, 0) is 0 Å². The molecule has 0 atom stereocenters. The minimum atomic E-state index is 0.758. The molecule has 0 aromatic carbocycles. The van der Waals surface area contributed by atoms with Crippen LogP contribution in [0.1, 0.15) is 0 Å². The number of rotatable bonds is 4. The van der Waals surface area contributed by atoms with E-state index in [0.717, 1.165) is 33.9 Å². The van der Waals surface area contributed by atoms with Gasteiger partial charge in [0.1, 0.15) is 0 Å². The fourth-order valence-electron chi connectivity index (χ4n) is 3.23. The molecule has 0 aliphatic carbocycles. The fourth-order valence-corrected chi connectivity index (χ4v) is 3.23. The summed E-state index contributed by atoms with van der Waals surface area (Å²) in [6.45, 7) is 0. The molecule has 5 heterocycles. The molecule has 0 N–H and O–H groups in total. The first-order valence-electron chi connectivity index (χ1n) is 9.55. The summed E-state index contributed by atoms with van der Waals surface area (Å²) in [7, 11) is 0. The van der Waals surface area contributed by atoms with E-state index in [9.17, 15) is 0 Å². The van der Waals surface area contributed by atoms with Crippen LogP contribution < -0.4 is 9.13 Å². The van der Waals surface area contributed by atoms with E-state index in [2.05, 4.69) is 44.4 Å². The van der Waals surface area contributed by atoms with Crippen LogP contribution >= 0.6 is 0 Å². The molecule has 0 unspecified atom stereocenters. The van der Waals surface area contributed by atoms with Gasteiger partial charge >= 0.3 is 11.6 Å². The Morgan fingerprint density at radius 3 is 1.07 bits per heavy atom. The summed E-state index contributed by atoms with van der Waals surface area (Å²) in [6, 6.07) is 20.1. The number of pyridine rings is 4. The van der Waals surface area contributed by atoms with Crippen LogP contribution in [-0.4, -0.2) is 20.2 Å². The molecule has 30 heavy (non-hydrogen) atoms. The zero-order valence-electron chi connectivity index (χ0n) is 16.1. The summed E-state index contributed by atoms with van der Waals surface area (Å²) in [4.78, 5) is 8.12. The zero-order chi connectivity index (χ0) is 20.2. The third kappa shape index (κ3) is 3.66. The summed E-state index contributed by atoms with van der Waals surface area (Å²) in [6.07, 6.45) is 15.1. The average Bonchev–Trinajstić information content (AvgIpc) is 2.85. The van der Waals surface area contributed by atoms with Gasteiger partial charge in [0.05, 0.1) is 24.8 Å². The Kier molecular flexibility index (Phi) is 4.72. The highest BCUT2D eigenvalue weighted by atomic mass is 15.2. The summed E-state index contributed by atoms with van der Waals surface area (Å²) >= 11 is 0. The summed E-state index contributed by atoms with van der Waals surface area (Å²) < 4.78 is 3.89. The van der Waals surface area contributed by atoms with E-state index in [0.29, 0.717) is 0 Å². The smallest absolute Gasteiger partial charge is 0.265 e. The van der Waals surface area contributed by atoms with Crippen molar-refractivity contribution in [2.75, 3.05) is 0 Å². The van der Waals surface area contributed by atoms with Crippen LogP contribution in [0.25, 0.3) is 33.9 Å². The molecule has 0 amide bonds. The van der Waals surface area contributed by atoms with Gasteiger partial charge in [0.25, 0.3) is 0 Å². The van der Waals surface area contributed by atoms with Crippen molar-refractivity contribution in [3.8, 4) is 33.9 Å². The predicted molar refractivity (Wildman–Crippen MR) is 112 cm³/mol. The molecule has 0 spiro atoms. The van der Waals surface area contributed by atoms with Gasteiger partial charge in [-0.25, -0.2) is 0 Å². The van der Waals surface area contributed by atoms with Gasteiger partial charge < -0.3 is 0 Å². The van der Waals surface area contributed by atoms with Gasteiger partial charge in [-0.3, -0.25) is 9.97 Å². The number of nitrogens with zero attached hydrogens (tertiary/aromatic N) is 6. The topological polar surface area (TPSA) is 59.3 Å². The maximum absolute atomic E-state index is 4.38. The molecule has 0 bridgehead atoms. The summed E-state index contributed by atoms with van der Waals surface area (Å²) in [5.74, 6) is 1.52. The van der Waals surface area contributed by atoms with Crippen LogP contribution in [0.15, 0.2) is 110 Å². The molecule has 0 saturated heterocycles. The molecule has 6 nitrogen and oxygen atoms in total. The van der Waals surface area contributed by atoms with Crippen molar-refractivity contribution in [3.05, 3.63) is 110 Å². The maximum Gasteiger partial charge on any atom is 0.381 e. The lowest BCUT2D eigenvalue weighted by atomic mass is 10.1. The minimum absolute atomic E-state index is 0.758. The van der Waals surface area contributed by atoms with E-state index in [4.69, 9.17) is 0 Å². The Balaban J connectivity index is 1.35. The Hall–Kier alpha value is -4.32. The van der Waals surface area contributed by atoms with Crippen molar-refractivity contribution in [1.82, 2.24) is 20.2 Å². The van der Waals surface area contributed by atoms with Crippen molar-refractivity contribution in [2.45, 2.75) is 0 Å². The monoisotopic (exact) mass is 390 g/mol. The largest absolute Gasteiger partial charge is 0.381 e. The molecular weight excluding hydrogens is 372 g/mol. The fraction of sp³-hybridized carbons (Fsp3) is 0. The van der Waals surface area contributed by atoms with E-state index in [1.807, 2.05) is 70.3 Å². The predicted octanol–water partition coefficient (Wildman–Crippen LogP) is 3.15. The molecule has 0 fully saturated rings.